The number of rotatable bonds is 7. The van der Waals surface area contributed by atoms with Crippen LogP contribution in [-0.4, -0.2) is 26.1 Å². The molecule has 1 atom stereocenters. The van der Waals surface area contributed by atoms with Gasteiger partial charge in [-0.15, -0.1) is 11.8 Å². The molecule has 0 fully saturated rings. The number of nitrogens with two attached hydrogens (primary N) is 1. The number of nitrogens with one attached hydrogen (secondary N) is 2. The minimum atomic E-state index is -0.262. The quantitative estimate of drug-likeness (QED) is 0.531. The van der Waals surface area contributed by atoms with E-state index >= 15 is 0 Å². The van der Waals surface area contributed by atoms with E-state index in [1.165, 1.54) is 29.3 Å². The highest BCUT2D eigenvalue weighted by molar-refractivity contribution is 7.99. The van der Waals surface area contributed by atoms with Gasteiger partial charge in [-0.05, 0) is 61.6 Å². The van der Waals surface area contributed by atoms with Gasteiger partial charge >= 0.3 is 0 Å². The molecule has 0 saturated heterocycles. The number of aromatic nitrogens is 3. The third-order valence-electron chi connectivity index (χ3n) is 4.93. The predicted molar refractivity (Wildman–Crippen MR) is 122 cm³/mol. The molecular weight excluding hydrogens is 396 g/mol. The Labute approximate surface area is 179 Å². The fourth-order valence-corrected chi connectivity index (χ4v) is 4.12. The minimum absolute atomic E-state index is 0.0393. The maximum Gasteiger partial charge on any atom is 0.237 e. The zero-order valence-corrected chi connectivity index (χ0v) is 17.6. The first-order chi connectivity index (χ1) is 14.6. The van der Waals surface area contributed by atoms with Gasteiger partial charge in [-0.2, -0.15) is 15.0 Å². The molecule has 2 aromatic carbocycles. The molecule has 1 aromatic heterocycles. The number of carbonyl (C=O) groups is 1. The molecule has 0 bridgehead atoms. The summed E-state index contributed by atoms with van der Waals surface area (Å²) < 4.78 is 0. The molecule has 0 radical (unpaired) electrons. The van der Waals surface area contributed by atoms with Crippen LogP contribution in [0.25, 0.3) is 0 Å². The number of thioether (sulfide) groups is 1. The lowest BCUT2D eigenvalue weighted by Crippen LogP contribution is -2.23. The van der Waals surface area contributed by atoms with Crippen molar-refractivity contribution in [3.63, 3.8) is 0 Å². The molecule has 4 rings (SSSR count). The highest BCUT2D eigenvalue weighted by Crippen LogP contribution is 2.26. The maximum absolute atomic E-state index is 12.6. The normalized spacial score (nSPS) is 13.5. The van der Waals surface area contributed by atoms with Gasteiger partial charge in [0.15, 0.2) is 0 Å². The molecule has 3 aromatic rings. The molecule has 0 aliphatic heterocycles. The van der Waals surface area contributed by atoms with Crippen molar-refractivity contribution in [3.05, 3.63) is 65.5 Å². The Kier molecular flexibility index (Phi) is 6.13. The van der Waals surface area contributed by atoms with Crippen LogP contribution in [0.1, 0.15) is 30.3 Å². The molecule has 0 saturated carbocycles. The van der Waals surface area contributed by atoms with Gasteiger partial charge < -0.3 is 16.4 Å². The fraction of sp³-hybridized carbons (Fsp3) is 0.273. The molecule has 1 amide bonds. The molecule has 4 N–H and O–H groups in total. The van der Waals surface area contributed by atoms with E-state index in [0.29, 0.717) is 17.5 Å². The first-order valence-electron chi connectivity index (χ1n) is 9.93. The van der Waals surface area contributed by atoms with Crippen LogP contribution in [0.5, 0.6) is 0 Å². The van der Waals surface area contributed by atoms with Crippen molar-refractivity contribution in [2.45, 2.75) is 37.2 Å². The lowest BCUT2D eigenvalue weighted by Gasteiger charge is -2.13. The second-order valence-corrected chi connectivity index (χ2v) is 8.53. The summed E-state index contributed by atoms with van der Waals surface area (Å²) in [5.41, 5.74) is 10.3. The Morgan fingerprint density at radius 2 is 1.87 bits per heavy atom. The van der Waals surface area contributed by atoms with E-state index in [1.54, 1.807) is 0 Å². The summed E-state index contributed by atoms with van der Waals surface area (Å²) in [6.45, 7) is 1.88. The van der Waals surface area contributed by atoms with Crippen LogP contribution in [-0.2, 0) is 23.4 Å². The Balaban J connectivity index is 1.35. The molecule has 154 valence electrons. The number of nitrogen functional groups attached to an aromatic ring is 1. The van der Waals surface area contributed by atoms with Gasteiger partial charge in [-0.25, -0.2) is 0 Å². The molecule has 1 unspecified atom stereocenters. The van der Waals surface area contributed by atoms with E-state index in [0.717, 1.165) is 24.2 Å². The molecule has 8 heteroatoms. The topological polar surface area (TPSA) is 106 Å². The van der Waals surface area contributed by atoms with Crippen molar-refractivity contribution in [3.8, 4) is 0 Å². The smallest absolute Gasteiger partial charge is 0.237 e. The Bertz CT molecular complexity index is 1040. The summed E-state index contributed by atoms with van der Waals surface area (Å²) in [5.74, 6) is 1.48. The van der Waals surface area contributed by atoms with Crippen LogP contribution >= 0.6 is 11.8 Å². The third kappa shape index (κ3) is 5.07. The monoisotopic (exact) mass is 420 g/mol. The lowest BCUT2D eigenvalue weighted by atomic mass is 10.1. The predicted octanol–water partition coefficient (Wildman–Crippen LogP) is 3.95. The average molecular weight is 421 g/mol. The summed E-state index contributed by atoms with van der Waals surface area (Å²) in [7, 11) is 0. The summed E-state index contributed by atoms with van der Waals surface area (Å²) in [6.07, 6.45) is 3.41. The number of amides is 1. The first kappa shape index (κ1) is 20.2. The van der Waals surface area contributed by atoms with Crippen LogP contribution in [0, 0.1) is 0 Å². The third-order valence-corrected chi connectivity index (χ3v) is 6.07. The molecule has 0 spiro atoms. The van der Waals surface area contributed by atoms with Gasteiger partial charge in [0.1, 0.15) is 5.82 Å². The van der Waals surface area contributed by atoms with E-state index in [2.05, 4.69) is 37.7 Å². The summed E-state index contributed by atoms with van der Waals surface area (Å²) in [5, 5.41) is 5.87. The Morgan fingerprint density at radius 1 is 1.07 bits per heavy atom. The van der Waals surface area contributed by atoms with Crippen molar-refractivity contribution >= 4 is 40.9 Å². The van der Waals surface area contributed by atoms with E-state index in [9.17, 15) is 4.79 Å². The van der Waals surface area contributed by atoms with Gasteiger partial charge in [0.05, 0.1) is 11.0 Å². The summed E-state index contributed by atoms with van der Waals surface area (Å²) in [4.78, 5) is 25.3. The largest absolute Gasteiger partial charge is 0.368 e. The summed E-state index contributed by atoms with van der Waals surface area (Å²) >= 11 is 1.46. The van der Waals surface area contributed by atoms with Crippen LogP contribution in [0.15, 0.2) is 48.5 Å². The van der Waals surface area contributed by atoms with E-state index in [1.807, 2.05) is 43.3 Å². The minimum Gasteiger partial charge on any atom is -0.368 e. The van der Waals surface area contributed by atoms with Gasteiger partial charge in [0.2, 0.25) is 17.8 Å². The molecule has 30 heavy (non-hydrogen) atoms. The first-order valence-corrected chi connectivity index (χ1v) is 11.0. The maximum atomic E-state index is 12.6. The van der Waals surface area contributed by atoms with Crippen molar-refractivity contribution in [1.29, 1.82) is 0 Å². The number of benzene rings is 2. The zero-order chi connectivity index (χ0) is 20.9. The average Bonchev–Trinajstić information content (AvgIpc) is 3.20. The number of hydrogen-bond donors (Lipinski definition) is 3. The highest BCUT2D eigenvalue weighted by atomic mass is 32.2. The van der Waals surface area contributed by atoms with E-state index in [4.69, 9.17) is 5.73 Å². The van der Waals surface area contributed by atoms with Gasteiger partial charge in [0.25, 0.3) is 0 Å². The van der Waals surface area contributed by atoms with Crippen LogP contribution in [0.3, 0.4) is 0 Å². The van der Waals surface area contributed by atoms with Crippen molar-refractivity contribution in [2.75, 3.05) is 16.4 Å². The van der Waals surface area contributed by atoms with Crippen LogP contribution < -0.4 is 16.4 Å². The van der Waals surface area contributed by atoms with Gasteiger partial charge in [-0.3, -0.25) is 4.79 Å². The van der Waals surface area contributed by atoms with E-state index in [-0.39, 0.29) is 17.1 Å². The standard InChI is InChI=1S/C22H24N6OS/c1-14(20(29)24-18-11-10-15-6-5-7-16(15)12-18)30-13-19-26-21(23)28-22(27-19)25-17-8-3-2-4-9-17/h2-4,8-12,14H,5-7,13H2,1H3,(H,24,29)(H3,23,25,26,27,28). The van der Waals surface area contributed by atoms with Crippen molar-refractivity contribution in [1.82, 2.24) is 15.0 Å². The van der Waals surface area contributed by atoms with Crippen molar-refractivity contribution < 1.29 is 4.79 Å². The number of carbonyl (C=O) groups excluding carboxylic acids is 1. The molecule has 7 nitrogen and oxygen atoms in total. The van der Waals surface area contributed by atoms with Crippen molar-refractivity contribution in [2.24, 2.45) is 0 Å². The summed E-state index contributed by atoms with van der Waals surface area (Å²) in [6, 6.07) is 15.8. The zero-order valence-electron chi connectivity index (χ0n) is 16.8. The number of anilines is 4. The lowest BCUT2D eigenvalue weighted by molar-refractivity contribution is -0.115. The number of hydrogen-bond acceptors (Lipinski definition) is 7. The molecule has 1 heterocycles. The second kappa shape index (κ2) is 9.13. The number of nitrogens with zero attached hydrogens (tertiary/aromatic N) is 3. The van der Waals surface area contributed by atoms with E-state index < -0.39 is 0 Å². The Morgan fingerprint density at radius 3 is 2.70 bits per heavy atom. The fourth-order valence-electron chi connectivity index (χ4n) is 3.38. The molecule has 1 aliphatic carbocycles. The Hall–Kier alpha value is -3.13. The molecule has 1 aliphatic rings. The second-order valence-electron chi connectivity index (χ2n) is 7.20. The highest BCUT2D eigenvalue weighted by Gasteiger charge is 2.17. The SMILES string of the molecule is CC(SCc1nc(N)nc(Nc2ccccc2)n1)C(=O)Nc1ccc2c(c1)CCC2. The van der Waals surface area contributed by atoms with Gasteiger partial charge in [-0.1, -0.05) is 24.3 Å². The number of aryl methyl sites for hydroxylation is 2. The van der Waals surface area contributed by atoms with Crippen LogP contribution in [0.2, 0.25) is 0 Å². The van der Waals surface area contributed by atoms with Gasteiger partial charge in [0, 0.05) is 11.4 Å². The molecular formula is C22H24N6OS. The number of fused-ring (bicyclic) bond motifs is 1. The van der Waals surface area contributed by atoms with Crippen LogP contribution in [0.4, 0.5) is 23.3 Å². The number of para-hydroxylation sites is 1.